The van der Waals surface area contributed by atoms with E-state index < -0.39 is 0 Å². The average molecular weight is 795 g/mol. The zero-order valence-corrected chi connectivity index (χ0v) is 33.2. The fourth-order valence-electron chi connectivity index (χ4n) is 8.84. The molecule has 12 aromatic rings. The van der Waals surface area contributed by atoms with E-state index in [0.717, 1.165) is 94.2 Å². The summed E-state index contributed by atoms with van der Waals surface area (Å²) in [5.74, 6) is 2.00. The molecule has 0 saturated carbocycles. The summed E-state index contributed by atoms with van der Waals surface area (Å²) >= 11 is 0. The molecule has 0 aliphatic heterocycles. The lowest BCUT2D eigenvalue weighted by Crippen LogP contribution is -2.02. The molecule has 0 radical (unpaired) electrons. The standard InChI is InChI=1S/C54H34N8/c1-2-14-35(15-3-1)54-59-44(42-18-6-10-22-48(42)61-46-20-8-4-16-38(46)40-26-24-36(32-50(40)61)52-55-28-12-29-56-52)34-45(60-54)43-19-7-11-23-49(43)62-47-21-9-5-17-39(47)41-27-25-37(33-51(41)62)53-57-30-13-31-58-53/h1-34H. The van der Waals surface area contributed by atoms with Gasteiger partial charge in [-0.2, -0.15) is 0 Å². The predicted molar refractivity (Wildman–Crippen MR) is 249 cm³/mol. The molecule has 0 spiro atoms. The van der Waals surface area contributed by atoms with Crippen LogP contribution in [0.4, 0.5) is 0 Å². The number of rotatable bonds is 7. The largest absolute Gasteiger partial charge is 0.309 e. The van der Waals surface area contributed by atoms with E-state index in [0.29, 0.717) is 17.5 Å². The van der Waals surface area contributed by atoms with Crippen molar-refractivity contribution in [3.63, 3.8) is 0 Å². The van der Waals surface area contributed by atoms with Gasteiger partial charge in [0.15, 0.2) is 17.5 Å². The molecule has 0 aliphatic carbocycles. The van der Waals surface area contributed by atoms with E-state index in [9.17, 15) is 0 Å². The van der Waals surface area contributed by atoms with Crippen molar-refractivity contribution in [2.75, 3.05) is 0 Å². The van der Waals surface area contributed by atoms with Crippen LogP contribution in [0.25, 0.3) is 112 Å². The van der Waals surface area contributed by atoms with Crippen LogP contribution >= 0.6 is 0 Å². The number of benzene rings is 7. The maximum Gasteiger partial charge on any atom is 0.160 e. The van der Waals surface area contributed by atoms with Gasteiger partial charge in [0.25, 0.3) is 0 Å². The molecule has 7 aromatic carbocycles. The summed E-state index contributed by atoms with van der Waals surface area (Å²) in [5.41, 5.74) is 12.7. The van der Waals surface area contributed by atoms with Gasteiger partial charge in [0.05, 0.1) is 44.8 Å². The van der Waals surface area contributed by atoms with Gasteiger partial charge in [-0.3, -0.25) is 0 Å². The molecule has 0 atom stereocenters. The number of nitrogens with zero attached hydrogens (tertiary/aromatic N) is 8. The molecule has 62 heavy (non-hydrogen) atoms. The van der Waals surface area contributed by atoms with Gasteiger partial charge in [-0.15, -0.1) is 0 Å². The highest BCUT2D eigenvalue weighted by molar-refractivity contribution is 6.12. The Morgan fingerprint density at radius 1 is 0.290 bits per heavy atom. The maximum atomic E-state index is 5.37. The molecule has 290 valence electrons. The number of aromatic nitrogens is 8. The lowest BCUT2D eigenvalue weighted by molar-refractivity contribution is 1.14. The fraction of sp³-hybridized carbons (Fsp3) is 0. The van der Waals surface area contributed by atoms with Gasteiger partial charge in [-0.05, 0) is 54.6 Å². The summed E-state index contributed by atoms with van der Waals surface area (Å²) in [4.78, 5) is 29.1. The summed E-state index contributed by atoms with van der Waals surface area (Å²) in [6.07, 6.45) is 7.13. The van der Waals surface area contributed by atoms with Crippen molar-refractivity contribution < 1.29 is 0 Å². The summed E-state index contributed by atoms with van der Waals surface area (Å²) in [6.45, 7) is 0. The van der Waals surface area contributed by atoms with Crippen LogP contribution in [0.3, 0.4) is 0 Å². The Kier molecular flexibility index (Phi) is 8.31. The molecule has 0 unspecified atom stereocenters. The minimum Gasteiger partial charge on any atom is -0.309 e. The van der Waals surface area contributed by atoms with Crippen molar-refractivity contribution in [3.05, 3.63) is 207 Å². The van der Waals surface area contributed by atoms with Gasteiger partial charge in [0.1, 0.15) is 0 Å². The Balaban J connectivity index is 1.10. The normalized spacial score (nSPS) is 11.5. The van der Waals surface area contributed by atoms with E-state index >= 15 is 0 Å². The third kappa shape index (κ3) is 5.84. The quantitative estimate of drug-likeness (QED) is 0.160. The first kappa shape index (κ1) is 35.3. The van der Waals surface area contributed by atoms with Crippen molar-refractivity contribution in [2.45, 2.75) is 0 Å². The molecule has 0 aliphatic rings. The van der Waals surface area contributed by atoms with Crippen LogP contribution in [0.2, 0.25) is 0 Å². The van der Waals surface area contributed by atoms with E-state index in [4.69, 9.17) is 9.97 Å². The molecule has 5 aromatic heterocycles. The molecule has 0 amide bonds. The second-order valence-corrected chi connectivity index (χ2v) is 15.2. The summed E-state index contributed by atoms with van der Waals surface area (Å²) in [6, 6.07) is 63.2. The van der Waals surface area contributed by atoms with Crippen LogP contribution in [0, 0.1) is 0 Å². The van der Waals surface area contributed by atoms with E-state index in [2.05, 4.69) is 181 Å². The van der Waals surface area contributed by atoms with E-state index in [-0.39, 0.29) is 0 Å². The number of para-hydroxylation sites is 4. The van der Waals surface area contributed by atoms with Gasteiger partial charge >= 0.3 is 0 Å². The summed E-state index contributed by atoms with van der Waals surface area (Å²) in [5, 5.41) is 4.61. The van der Waals surface area contributed by atoms with Gasteiger partial charge in [0.2, 0.25) is 0 Å². The third-order valence-electron chi connectivity index (χ3n) is 11.6. The Bertz CT molecular complexity index is 3420. The molecule has 0 fully saturated rings. The zero-order valence-electron chi connectivity index (χ0n) is 33.2. The molecule has 0 N–H and O–H groups in total. The van der Waals surface area contributed by atoms with Crippen LogP contribution in [0.15, 0.2) is 207 Å². The van der Waals surface area contributed by atoms with Crippen molar-refractivity contribution in [1.82, 2.24) is 39.0 Å². The molecule has 12 rings (SSSR count). The molecule has 8 heteroatoms. The first-order chi connectivity index (χ1) is 30.8. The number of hydrogen-bond donors (Lipinski definition) is 0. The van der Waals surface area contributed by atoms with Crippen LogP contribution in [0.5, 0.6) is 0 Å². The lowest BCUT2D eigenvalue weighted by Gasteiger charge is -2.17. The monoisotopic (exact) mass is 794 g/mol. The highest BCUT2D eigenvalue weighted by atomic mass is 15.0. The van der Waals surface area contributed by atoms with Gasteiger partial charge in [0, 0.05) is 74.1 Å². The van der Waals surface area contributed by atoms with Crippen molar-refractivity contribution in [3.8, 4) is 68.1 Å². The maximum absolute atomic E-state index is 5.37. The van der Waals surface area contributed by atoms with Gasteiger partial charge in [-0.25, -0.2) is 29.9 Å². The second-order valence-electron chi connectivity index (χ2n) is 15.2. The first-order valence-electron chi connectivity index (χ1n) is 20.5. The van der Waals surface area contributed by atoms with Crippen LogP contribution in [-0.2, 0) is 0 Å². The SMILES string of the molecule is c1ccc(-c2nc(-c3ccccc3-n3c4ccccc4c4ccc(-c5ncccn5)cc43)cc(-c3ccccc3-n3c4ccccc4c4ccc(-c5ncccn5)cc43)n2)cc1. The molecular weight excluding hydrogens is 761 g/mol. The highest BCUT2D eigenvalue weighted by Crippen LogP contribution is 2.41. The Morgan fingerprint density at radius 3 is 1.21 bits per heavy atom. The van der Waals surface area contributed by atoms with E-state index in [1.807, 2.05) is 30.3 Å². The molecule has 0 saturated heterocycles. The summed E-state index contributed by atoms with van der Waals surface area (Å²) in [7, 11) is 0. The predicted octanol–water partition coefficient (Wildman–Crippen LogP) is 12.6. The zero-order chi connectivity index (χ0) is 41.0. The van der Waals surface area contributed by atoms with E-state index in [1.165, 1.54) is 0 Å². The average Bonchev–Trinajstić information content (AvgIpc) is 3.86. The number of fused-ring (bicyclic) bond motifs is 6. The Labute approximate surface area is 356 Å². The molecule has 5 heterocycles. The highest BCUT2D eigenvalue weighted by Gasteiger charge is 2.22. The Hall–Kier alpha value is -8.62. The number of hydrogen-bond acceptors (Lipinski definition) is 6. The molecular formula is C54H34N8. The molecule has 8 nitrogen and oxygen atoms in total. The van der Waals surface area contributed by atoms with Crippen LogP contribution in [-0.4, -0.2) is 39.0 Å². The van der Waals surface area contributed by atoms with E-state index in [1.54, 1.807) is 24.8 Å². The second kappa shape index (κ2) is 14.6. The molecule has 0 bridgehead atoms. The van der Waals surface area contributed by atoms with Crippen molar-refractivity contribution in [2.24, 2.45) is 0 Å². The fourth-order valence-corrected chi connectivity index (χ4v) is 8.84. The topological polar surface area (TPSA) is 87.2 Å². The van der Waals surface area contributed by atoms with Gasteiger partial charge in [-0.1, -0.05) is 127 Å². The van der Waals surface area contributed by atoms with Crippen LogP contribution < -0.4 is 0 Å². The Morgan fingerprint density at radius 2 is 0.710 bits per heavy atom. The van der Waals surface area contributed by atoms with Gasteiger partial charge < -0.3 is 9.13 Å². The first-order valence-corrected chi connectivity index (χ1v) is 20.5. The smallest absolute Gasteiger partial charge is 0.160 e. The summed E-state index contributed by atoms with van der Waals surface area (Å²) < 4.78 is 4.69. The van der Waals surface area contributed by atoms with Crippen molar-refractivity contribution in [1.29, 1.82) is 0 Å². The third-order valence-corrected chi connectivity index (χ3v) is 11.6. The minimum absolute atomic E-state index is 0.638. The lowest BCUT2D eigenvalue weighted by atomic mass is 10.0. The van der Waals surface area contributed by atoms with Crippen LogP contribution in [0.1, 0.15) is 0 Å². The minimum atomic E-state index is 0.638. The van der Waals surface area contributed by atoms with Crippen molar-refractivity contribution >= 4 is 43.6 Å².